The van der Waals surface area contributed by atoms with Crippen molar-refractivity contribution < 1.29 is 0 Å². The molecule has 120 valence electrons. The van der Waals surface area contributed by atoms with Crippen LogP contribution in [0.4, 0.5) is 11.8 Å². The Morgan fingerprint density at radius 1 is 1.21 bits per heavy atom. The first-order valence-electron chi connectivity index (χ1n) is 7.43. The van der Waals surface area contributed by atoms with Gasteiger partial charge in [-0.3, -0.25) is 9.78 Å². The molecule has 3 aromatic heterocycles. The molecule has 1 aromatic carbocycles. The average Bonchev–Trinajstić information content (AvgIpc) is 3.28. The third-order valence-electron chi connectivity index (χ3n) is 3.63. The second-order valence-corrected chi connectivity index (χ2v) is 5.22. The lowest BCUT2D eigenvalue weighted by Gasteiger charge is -2.10. The molecule has 0 saturated heterocycles. The van der Waals surface area contributed by atoms with Crippen molar-refractivity contribution in [3.05, 3.63) is 43.1 Å². The van der Waals surface area contributed by atoms with E-state index in [1.807, 2.05) is 24.3 Å². The van der Waals surface area contributed by atoms with Gasteiger partial charge in [-0.15, -0.1) is 0 Å². The van der Waals surface area contributed by atoms with Crippen LogP contribution in [-0.2, 0) is 6.54 Å². The molecular weight excluding hydrogens is 306 g/mol. The largest absolute Gasteiger partial charge is 0.368 e. The topological polar surface area (TPSA) is 123 Å². The summed E-state index contributed by atoms with van der Waals surface area (Å²) in [5.74, 6) is 0.932. The fraction of sp³-hybridized carbons (Fsp3) is 0.133. The predicted molar refractivity (Wildman–Crippen MR) is 90.0 cm³/mol. The first-order valence-corrected chi connectivity index (χ1v) is 7.43. The number of benzene rings is 1. The number of fused-ring (bicyclic) bond motifs is 1. The highest BCUT2D eigenvalue weighted by atomic mass is 15.3. The highest BCUT2D eigenvalue weighted by Gasteiger charge is 2.08. The molecule has 0 aliphatic rings. The molecular formula is C15H15N9. The first-order chi connectivity index (χ1) is 11.8. The van der Waals surface area contributed by atoms with Crippen LogP contribution < -0.4 is 11.1 Å². The predicted octanol–water partition coefficient (Wildman–Crippen LogP) is 1.31. The lowest BCUT2D eigenvalue weighted by Crippen LogP contribution is -2.13. The molecule has 4 rings (SSSR count). The van der Waals surface area contributed by atoms with Crippen molar-refractivity contribution in [3.8, 4) is 11.3 Å². The molecule has 0 saturated carbocycles. The molecule has 9 heteroatoms. The summed E-state index contributed by atoms with van der Waals surface area (Å²) in [6.07, 6.45) is 4.89. The number of aromatic amines is 1. The number of rotatable bonds is 5. The van der Waals surface area contributed by atoms with E-state index in [0.717, 1.165) is 22.2 Å². The fourth-order valence-corrected chi connectivity index (χ4v) is 2.50. The van der Waals surface area contributed by atoms with Gasteiger partial charge in [0.1, 0.15) is 18.5 Å². The fourth-order valence-electron chi connectivity index (χ4n) is 2.50. The molecule has 0 unspecified atom stereocenters. The van der Waals surface area contributed by atoms with Gasteiger partial charge in [-0.05, 0) is 18.2 Å². The average molecular weight is 321 g/mol. The molecule has 4 N–H and O–H groups in total. The van der Waals surface area contributed by atoms with Crippen molar-refractivity contribution in [2.45, 2.75) is 6.54 Å². The maximum absolute atomic E-state index is 5.85. The highest BCUT2D eigenvalue weighted by Crippen LogP contribution is 2.26. The maximum Gasteiger partial charge on any atom is 0.222 e. The van der Waals surface area contributed by atoms with Gasteiger partial charge in [0.2, 0.25) is 5.95 Å². The Morgan fingerprint density at radius 3 is 2.96 bits per heavy atom. The van der Waals surface area contributed by atoms with Crippen molar-refractivity contribution in [1.29, 1.82) is 0 Å². The van der Waals surface area contributed by atoms with E-state index in [2.05, 4.69) is 35.6 Å². The van der Waals surface area contributed by atoms with E-state index in [-0.39, 0.29) is 5.95 Å². The first kappa shape index (κ1) is 14.1. The van der Waals surface area contributed by atoms with Crippen LogP contribution in [0.1, 0.15) is 0 Å². The number of H-pyrrole nitrogens is 1. The van der Waals surface area contributed by atoms with Gasteiger partial charge in [0, 0.05) is 23.7 Å². The summed E-state index contributed by atoms with van der Waals surface area (Å²) in [6.45, 7) is 1.33. The monoisotopic (exact) mass is 321 g/mol. The van der Waals surface area contributed by atoms with E-state index < -0.39 is 0 Å². The van der Waals surface area contributed by atoms with Crippen LogP contribution in [-0.4, -0.2) is 41.5 Å². The second kappa shape index (κ2) is 5.95. The van der Waals surface area contributed by atoms with Gasteiger partial charge < -0.3 is 11.1 Å². The lowest BCUT2D eigenvalue weighted by atomic mass is 10.1. The van der Waals surface area contributed by atoms with Crippen LogP contribution in [0.2, 0.25) is 0 Å². The smallest absolute Gasteiger partial charge is 0.222 e. The normalized spacial score (nSPS) is 11.0. The van der Waals surface area contributed by atoms with E-state index in [0.29, 0.717) is 18.9 Å². The Morgan fingerprint density at radius 2 is 2.17 bits per heavy atom. The minimum atomic E-state index is 0.229. The number of anilines is 2. The zero-order valence-electron chi connectivity index (χ0n) is 12.7. The molecule has 3 heterocycles. The van der Waals surface area contributed by atoms with E-state index in [1.165, 1.54) is 6.33 Å². The summed E-state index contributed by atoms with van der Waals surface area (Å²) in [5, 5.41) is 15.2. The van der Waals surface area contributed by atoms with Crippen LogP contribution >= 0.6 is 0 Å². The molecule has 0 atom stereocenters. The Hall–Kier alpha value is -3.49. The van der Waals surface area contributed by atoms with E-state index >= 15 is 0 Å². The van der Waals surface area contributed by atoms with Crippen molar-refractivity contribution in [2.75, 3.05) is 17.6 Å². The van der Waals surface area contributed by atoms with Crippen LogP contribution in [0.25, 0.3) is 22.2 Å². The zero-order chi connectivity index (χ0) is 16.4. The second-order valence-electron chi connectivity index (χ2n) is 5.22. The van der Waals surface area contributed by atoms with Gasteiger partial charge in [0.15, 0.2) is 0 Å². The molecule has 0 radical (unpaired) electrons. The molecule has 0 aliphatic heterocycles. The number of hydrogen-bond acceptors (Lipinski definition) is 7. The van der Waals surface area contributed by atoms with Crippen LogP contribution in [0.5, 0.6) is 0 Å². The van der Waals surface area contributed by atoms with Crippen molar-refractivity contribution >= 4 is 22.7 Å². The SMILES string of the molecule is Nc1nc(NCCn2cncn2)c2ccc(-c3ccn[nH]3)cc2n1. The number of nitrogens with zero attached hydrogens (tertiary/aromatic N) is 6. The Balaban J connectivity index is 1.62. The zero-order valence-corrected chi connectivity index (χ0v) is 12.7. The van der Waals surface area contributed by atoms with E-state index in [9.17, 15) is 0 Å². The molecule has 0 bridgehead atoms. The molecule has 24 heavy (non-hydrogen) atoms. The number of nitrogens with two attached hydrogens (primary N) is 1. The van der Waals surface area contributed by atoms with E-state index in [1.54, 1.807) is 17.2 Å². The number of aromatic nitrogens is 7. The summed E-state index contributed by atoms with van der Waals surface area (Å²) in [4.78, 5) is 12.5. The van der Waals surface area contributed by atoms with Crippen molar-refractivity contribution in [3.63, 3.8) is 0 Å². The van der Waals surface area contributed by atoms with Crippen molar-refractivity contribution in [1.82, 2.24) is 34.9 Å². The molecule has 4 aromatic rings. The van der Waals surface area contributed by atoms with Crippen molar-refractivity contribution in [2.24, 2.45) is 0 Å². The Bertz CT molecular complexity index is 945. The van der Waals surface area contributed by atoms with Gasteiger partial charge in [-0.2, -0.15) is 15.2 Å². The van der Waals surface area contributed by atoms with E-state index in [4.69, 9.17) is 5.73 Å². The van der Waals surface area contributed by atoms with Gasteiger partial charge in [-0.25, -0.2) is 9.97 Å². The number of nitrogens with one attached hydrogen (secondary N) is 2. The minimum Gasteiger partial charge on any atom is -0.368 e. The summed E-state index contributed by atoms with van der Waals surface area (Å²) in [6, 6.07) is 7.84. The summed E-state index contributed by atoms with van der Waals surface area (Å²) >= 11 is 0. The molecule has 0 amide bonds. The number of nitrogen functional groups attached to an aromatic ring is 1. The van der Waals surface area contributed by atoms with Gasteiger partial charge >= 0.3 is 0 Å². The molecule has 0 spiro atoms. The van der Waals surface area contributed by atoms with Crippen LogP contribution in [0, 0.1) is 0 Å². The summed E-state index contributed by atoms with van der Waals surface area (Å²) in [5.41, 5.74) is 8.54. The third kappa shape index (κ3) is 2.74. The summed E-state index contributed by atoms with van der Waals surface area (Å²) in [7, 11) is 0. The van der Waals surface area contributed by atoms with Gasteiger partial charge in [-0.1, -0.05) is 6.07 Å². The Kier molecular flexibility index (Phi) is 3.50. The number of hydrogen-bond donors (Lipinski definition) is 3. The van der Waals surface area contributed by atoms with Gasteiger partial charge in [0.05, 0.1) is 17.8 Å². The third-order valence-corrected chi connectivity index (χ3v) is 3.63. The Labute approximate surface area is 137 Å². The highest BCUT2D eigenvalue weighted by molar-refractivity contribution is 5.92. The molecule has 0 fully saturated rings. The summed E-state index contributed by atoms with van der Waals surface area (Å²) < 4.78 is 1.75. The minimum absolute atomic E-state index is 0.229. The maximum atomic E-state index is 5.85. The van der Waals surface area contributed by atoms with Crippen LogP contribution in [0.15, 0.2) is 43.1 Å². The quantitative estimate of drug-likeness (QED) is 0.506. The van der Waals surface area contributed by atoms with Gasteiger partial charge in [0.25, 0.3) is 0 Å². The van der Waals surface area contributed by atoms with Crippen LogP contribution in [0.3, 0.4) is 0 Å². The molecule has 9 nitrogen and oxygen atoms in total. The lowest BCUT2D eigenvalue weighted by molar-refractivity contribution is 0.635. The standard InChI is InChI=1S/C15H15N9/c16-15-21-13-7-10(12-3-4-19-23-12)1-2-11(13)14(22-15)18-5-6-24-9-17-8-20-24/h1-4,7-9H,5-6H2,(H,19,23)(H3,16,18,21,22). The molecule has 0 aliphatic carbocycles.